The summed E-state index contributed by atoms with van der Waals surface area (Å²) in [7, 11) is 0. The third-order valence-corrected chi connectivity index (χ3v) is 15.2. The molecule has 0 unspecified atom stereocenters. The van der Waals surface area contributed by atoms with Gasteiger partial charge in [0.05, 0.1) is 37.2 Å². The summed E-state index contributed by atoms with van der Waals surface area (Å²) in [6.07, 6.45) is 0. The van der Waals surface area contributed by atoms with E-state index >= 15 is 4.39 Å². The summed E-state index contributed by atoms with van der Waals surface area (Å²) >= 11 is 3.52. The highest BCUT2D eigenvalue weighted by Gasteiger charge is 2.28. The number of aromatic nitrogens is 2. The number of nitrogens with zero attached hydrogens (tertiary/aromatic N) is 4. The van der Waals surface area contributed by atoms with Crippen molar-refractivity contribution in [1.82, 2.24) is 9.13 Å². The first kappa shape index (κ1) is 40.8. The molecule has 0 atom stereocenters. The van der Waals surface area contributed by atoms with Gasteiger partial charge in [0, 0.05) is 44.8 Å². The molecule has 4 heterocycles. The fourth-order valence-electron chi connectivity index (χ4n) is 9.92. The van der Waals surface area contributed by atoms with Gasteiger partial charge in [-0.15, -0.1) is 22.7 Å². The van der Waals surface area contributed by atoms with Crippen molar-refractivity contribution in [3.8, 4) is 33.6 Å². The molecule has 0 amide bonds. The van der Waals surface area contributed by atoms with E-state index in [0.29, 0.717) is 5.69 Å². The lowest BCUT2D eigenvalue weighted by atomic mass is 9.96. The molecule has 0 bridgehead atoms. The predicted molar refractivity (Wildman–Crippen MR) is 291 cm³/mol. The zero-order valence-corrected chi connectivity index (χ0v) is 38.8. The van der Waals surface area contributed by atoms with Crippen molar-refractivity contribution in [3.05, 3.63) is 255 Å². The molecular formula is C62H41FN4S2. The van der Waals surface area contributed by atoms with Gasteiger partial charge >= 0.3 is 0 Å². The van der Waals surface area contributed by atoms with Crippen LogP contribution in [-0.2, 0) is 0 Å². The van der Waals surface area contributed by atoms with Crippen LogP contribution in [0.2, 0.25) is 0 Å². The van der Waals surface area contributed by atoms with E-state index in [-0.39, 0.29) is 5.82 Å². The molecule has 328 valence electrons. The number of halogens is 1. The first-order valence-electron chi connectivity index (χ1n) is 23.0. The molecule has 9 aromatic carbocycles. The molecule has 69 heavy (non-hydrogen) atoms. The minimum atomic E-state index is -0.298. The quantitative estimate of drug-likeness (QED) is 0.136. The normalized spacial score (nSPS) is 11.6. The smallest absolute Gasteiger partial charge is 0.148 e. The number of hydrogen-bond donors (Lipinski definition) is 0. The number of hydrogen-bond acceptors (Lipinski definition) is 4. The highest BCUT2D eigenvalue weighted by atomic mass is 32.1. The number of para-hydroxylation sites is 5. The van der Waals surface area contributed by atoms with Crippen molar-refractivity contribution >= 4 is 97.7 Å². The molecule has 0 radical (unpaired) electrons. The monoisotopic (exact) mass is 924 g/mol. The second-order valence-electron chi connectivity index (χ2n) is 17.1. The van der Waals surface area contributed by atoms with Gasteiger partial charge in [0.25, 0.3) is 0 Å². The Morgan fingerprint density at radius 2 is 0.710 bits per heavy atom. The van der Waals surface area contributed by atoms with E-state index < -0.39 is 0 Å². The van der Waals surface area contributed by atoms with Gasteiger partial charge < -0.3 is 14.0 Å². The van der Waals surface area contributed by atoms with Crippen molar-refractivity contribution in [2.24, 2.45) is 0 Å². The van der Waals surface area contributed by atoms with Gasteiger partial charge in [-0.1, -0.05) is 152 Å². The fraction of sp³-hybridized carbons (Fsp3) is 0. The molecule has 0 spiro atoms. The second kappa shape index (κ2) is 17.0. The molecule has 4 nitrogen and oxygen atoms in total. The van der Waals surface area contributed by atoms with Crippen molar-refractivity contribution in [3.63, 3.8) is 0 Å². The van der Waals surface area contributed by atoms with Crippen LogP contribution in [0.1, 0.15) is 0 Å². The number of benzene rings is 9. The largest absolute Gasteiger partial charge is 0.308 e. The Kier molecular flexibility index (Phi) is 10.0. The van der Waals surface area contributed by atoms with Gasteiger partial charge in [-0.2, -0.15) is 0 Å². The Hall–Kier alpha value is -8.49. The summed E-state index contributed by atoms with van der Waals surface area (Å²) in [6.45, 7) is 0. The van der Waals surface area contributed by atoms with Crippen molar-refractivity contribution in [2.75, 3.05) is 9.80 Å². The maximum absolute atomic E-state index is 17.6. The Bertz CT molecular complexity index is 3900. The third-order valence-electron chi connectivity index (χ3n) is 13.0. The Morgan fingerprint density at radius 1 is 0.333 bits per heavy atom. The first-order valence-corrected chi connectivity index (χ1v) is 24.7. The van der Waals surface area contributed by atoms with E-state index in [1.165, 1.54) is 10.1 Å². The van der Waals surface area contributed by atoms with Gasteiger partial charge in [-0.05, 0) is 114 Å². The lowest BCUT2D eigenvalue weighted by Gasteiger charge is -2.27. The predicted octanol–water partition coefficient (Wildman–Crippen LogP) is 18.4. The zero-order chi connectivity index (χ0) is 45.8. The Balaban J connectivity index is 1.08. The summed E-state index contributed by atoms with van der Waals surface area (Å²) < 4.78 is 24.7. The number of thiophene rings is 2. The van der Waals surface area contributed by atoms with Crippen molar-refractivity contribution in [2.45, 2.75) is 0 Å². The van der Waals surface area contributed by atoms with Crippen LogP contribution in [0.4, 0.5) is 37.1 Å². The number of fused-ring (bicyclic) bond motifs is 6. The average molecular weight is 925 g/mol. The van der Waals surface area contributed by atoms with Crippen LogP contribution in [0.15, 0.2) is 249 Å². The molecule has 0 aliphatic rings. The fourth-order valence-corrected chi connectivity index (χ4v) is 12.3. The van der Waals surface area contributed by atoms with Crippen LogP contribution in [0.25, 0.3) is 75.9 Å². The molecule has 0 fully saturated rings. The minimum absolute atomic E-state index is 0.298. The summed E-state index contributed by atoms with van der Waals surface area (Å²) in [6, 6.07) is 86.2. The highest BCUT2D eigenvalue weighted by molar-refractivity contribution is 7.24. The maximum atomic E-state index is 17.6. The van der Waals surface area contributed by atoms with Gasteiger partial charge in [0.15, 0.2) is 0 Å². The molecule has 4 aromatic heterocycles. The van der Waals surface area contributed by atoms with Gasteiger partial charge in [0.2, 0.25) is 0 Å². The third kappa shape index (κ3) is 7.01. The number of rotatable bonds is 10. The maximum Gasteiger partial charge on any atom is 0.148 e. The molecule has 0 N–H and O–H groups in total. The van der Waals surface area contributed by atoms with E-state index in [0.717, 1.165) is 92.8 Å². The molecule has 13 aromatic rings. The van der Waals surface area contributed by atoms with Crippen molar-refractivity contribution in [1.29, 1.82) is 0 Å². The first-order chi connectivity index (χ1) is 34.2. The molecule has 0 saturated carbocycles. The van der Waals surface area contributed by atoms with E-state index in [1.54, 1.807) is 17.4 Å². The lowest BCUT2D eigenvalue weighted by molar-refractivity contribution is 0.630. The molecular weight excluding hydrogens is 884 g/mol. The Labute approximate surface area is 406 Å². The minimum Gasteiger partial charge on any atom is -0.308 e. The van der Waals surface area contributed by atoms with Gasteiger partial charge in [0.1, 0.15) is 15.8 Å². The topological polar surface area (TPSA) is 16.3 Å². The Morgan fingerprint density at radius 3 is 1.16 bits per heavy atom. The van der Waals surface area contributed by atoms with Crippen LogP contribution >= 0.6 is 22.7 Å². The van der Waals surface area contributed by atoms with E-state index in [1.807, 2.05) is 78.1 Å². The summed E-state index contributed by atoms with van der Waals surface area (Å²) in [5, 5.41) is 4.35. The molecule has 0 aliphatic carbocycles. The second-order valence-corrected chi connectivity index (χ2v) is 19.2. The summed E-state index contributed by atoms with van der Waals surface area (Å²) in [5.41, 5.74) is 13.7. The van der Waals surface area contributed by atoms with Gasteiger partial charge in [-0.25, -0.2) is 4.39 Å². The standard InChI is InChI=1S/C62H41FN4S2/c63-53-37-44(42-22-8-1-9-23-42)36-50(43-24-10-2-11-25-43)60(53)67(49-34-20-7-21-35-49)59-41-57-62(69-59)52-39-54-51(38-55(52)66(57)48-32-18-6-19-33-48)61-56(65(54)47-30-16-5-17-31-47)40-58(68-61)64(45-26-12-3-13-27-45)46-28-14-4-15-29-46/h1-41H. The van der Waals surface area contributed by atoms with E-state index in [2.05, 4.69) is 195 Å². The number of anilines is 6. The van der Waals surface area contributed by atoms with Crippen LogP contribution in [-0.4, -0.2) is 9.13 Å². The average Bonchev–Trinajstić information content (AvgIpc) is 4.17. The van der Waals surface area contributed by atoms with Crippen LogP contribution in [0.5, 0.6) is 0 Å². The van der Waals surface area contributed by atoms with Crippen LogP contribution in [0.3, 0.4) is 0 Å². The van der Waals surface area contributed by atoms with Crippen LogP contribution < -0.4 is 9.80 Å². The molecule has 0 saturated heterocycles. The van der Waals surface area contributed by atoms with E-state index in [9.17, 15) is 0 Å². The molecule has 7 heteroatoms. The molecule has 13 rings (SSSR count). The van der Waals surface area contributed by atoms with Gasteiger partial charge in [-0.3, -0.25) is 4.90 Å². The molecule has 0 aliphatic heterocycles. The lowest BCUT2D eigenvalue weighted by Crippen LogP contribution is -2.12. The SMILES string of the molecule is Fc1cc(-c2ccccc2)cc(-c2ccccc2)c1N(c1ccccc1)c1cc2c(s1)c1cc3c(cc1n2-c1ccccc1)c1sc(N(c2ccccc2)c2ccccc2)cc1n3-c1ccccc1. The summed E-state index contributed by atoms with van der Waals surface area (Å²) in [5.74, 6) is -0.298. The van der Waals surface area contributed by atoms with Crippen LogP contribution in [0, 0.1) is 5.82 Å². The summed E-state index contributed by atoms with van der Waals surface area (Å²) in [4.78, 5) is 4.47. The zero-order valence-electron chi connectivity index (χ0n) is 37.2. The highest BCUT2D eigenvalue weighted by Crippen LogP contribution is 2.52. The van der Waals surface area contributed by atoms with Crippen molar-refractivity contribution < 1.29 is 4.39 Å². The van der Waals surface area contributed by atoms with E-state index in [4.69, 9.17) is 0 Å².